The molecule has 0 fully saturated rings. The third-order valence-electron chi connectivity index (χ3n) is 1.17. The maximum absolute atomic E-state index is 12.4. The Morgan fingerprint density at radius 1 is 1.42 bits per heavy atom. The monoisotopic (exact) mass is 210 g/mol. The van der Waals surface area contributed by atoms with Crippen LogP contribution in [0.25, 0.3) is 0 Å². The molecule has 0 amide bonds. The van der Waals surface area contributed by atoms with Crippen LogP contribution < -0.4 is 0 Å². The first-order valence-corrected chi connectivity index (χ1v) is 4.65. The van der Waals surface area contributed by atoms with Crippen LogP contribution in [-0.4, -0.2) is 13.0 Å². The van der Waals surface area contributed by atoms with Crippen molar-refractivity contribution in [2.24, 2.45) is 0 Å². The number of hydrogen-bond donors (Lipinski definition) is 1. The summed E-state index contributed by atoms with van der Waals surface area (Å²) in [5, 5.41) is -0.209. The summed E-state index contributed by atoms with van der Waals surface area (Å²) in [5.74, 6) is -0.771. The van der Waals surface area contributed by atoms with Crippen molar-refractivity contribution in [3.63, 3.8) is 0 Å². The highest BCUT2D eigenvalue weighted by Crippen LogP contribution is 2.21. The van der Waals surface area contributed by atoms with Crippen LogP contribution in [0.1, 0.15) is 0 Å². The molecule has 0 bridgehead atoms. The molecular formula is C6H4ClFO3S. The summed E-state index contributed by atoms with van der Waals surface area (Å²) in [5.41, 5.74) is 0. The van der Waals surface area contributed by atoms with Gasteiger partial charge in [-0.15, -0.1) is 0 Å². The molecule has 0 saturated carbocycles. The van der Waals surface area contributed by atoms with Gasteiger partial charge >= 0.3 is 0 Å². The van der Waals surface area contributed by atoms with E-state index in [2.05, 4.69) is 0 Å². The van der Waals surface area contributed by atoms with E-state index in [1.54, 1.807) is 0 Å². The molecule has 3 nitrogen and oxygen atoms in total. The molecule has 1 aromatic rings. The summed E-state index contributed by atoms with van der Waals surface area (Å²) in [7, 11) is -4.43. The van der Waals surface area contributed by atoms with E-state index in [-0.39, 0.29) is 5.02 Å². The van der Waals surface area contributed by atoms with Crippen molar-refractivity contribution in [2.45, 2.75) is 4.90 Å². The fraction of sp³-hybridized carbons (Fsp3) is 0. The van der Waals surface area contributed by atoms with Gasteiger partial charge in [0, 0.05) is 0 Å². The SMILES string of the molecule is O=S(=O)(O)c1cc(F)ccc1Cl. The van der Waals surface area contributed by atoms with Gasteiger partial charge < -0.3 is 0 Å². The highest BCUT2D eigenvalue weighted by atomic mass is 35.5. The Hall–Kier alpha value is -0.650. The summed E-state index contributed by atoms with van der Waals surface area (Å²) < 4.78 is 42.0. The van der Waals surface area contributed by atoms with Crippen molar-refractivity contribution < 1.29 is 17.4 Å². The van der Waals surface area contributed by atoms with Crippen LogP contribution in [0, 0.1) is 5.82 Å². The van der Waals surface area contributed by atoms with Gasteiger partial charge in [0.2, 0.25) is 0 Å². The Morgan fingerprint density at radius 3 is 2.42 bits per heavy atom. The first kappa shape index (κ1) is 9.44. The van der Waals surface area contributed by atoms with Crippen LogP contribution in [0.2, 0.25) is 5.02 Å². The lowest BCUT2D eigenvalue weighted by Gasteiger charge is -1.98. The topological polar surface area (TPSA) is 54.4 Å². The maximum Gasteiger partial charge on any atom is 0.296 e. The molecule has 1 N–H and O–H groups in total. The zero-order valence-corrected chi connectivity index (χ0v) is 7.23. The van der Waals surface area contributed by atoms with E-state index in [0.29, 0.717) is 6.07 Å². The van der Waals surface area contributed by atoms with E-state index in [4.69, 9.17) is 16.2 Å². The van der Waals surface area contributed by atoms with Gasteiger partial charge in [-0.1, -0.05) is 11.6 Å². The van der Waals surface area contributed by atoms with Crippen molar-refractivity contribution >= 4 is 21.7 Å². The molecule has 0 aliphatic carbocycles. The third-order valence-corrected chi connectivity index (χ3v) is 2.51. The Balaban J connectivity index is 3.43. The molecule has 1 aromatic carbocycles. The molecule has 0 aliphatic heterocycles. The van der Waals surface area contributed by atoms with Crippen LogP contribution in [0.5, 0.6) is 0 Å². The lowest BCUT2D eigenvalue weighted by molar-refractivity contribution is 0.482. The molecule has 12 heavy (non-hydrogen) atoms. The van der Waals surface area contributed by atoms with Gasteiger partial charge in [-0.05, 0) is 18.2 Å². The van der Waals surface area contributed by atoms with Crippen LogP contribution in [0.3, 0.4) is 0 Å². The van der Waals surface area contributed by atoms with E-state index in [1.165, 1.54) is 0 Å². The average molecular weight is 211 g/mol. The number of benzene rings is 1. The van der Waals surface area contributed by atoms with Crippen molar-refractivity contribution in [2.75, 3.05) is 0 Å². The van der Waals surface area contributed by atoms with Crippen molar-refractivity contribution in [1.29, 1.82) is 0 Å². The van der Waals surface area contributed by atoms with Gasteiger partial charge in [0.05, 0.1) is 5.02 Å². The largest absolute Gasteiger partial charge is 0.296 e. The molecule has 0 saturated heterocycles. The van der Waals surface area contributed by atoms with E-state index >= 15 is 0 Å². The molecule has 66 valence electrons. The fourth-order valence-corrected chi connectivity index (χ4v) is 1.66. The van der Waals surface area contributed by atoms with Crippen molar-refractivity contribution in [1.82, 2.24) is 0 Å². The van der Waals surface area contributed by atoms with Gasteiger partial charge in [0.25, 0.3) is 10.1 Å². The second kappa shape index (κ2) is 3.01. The van der Waals surface area contributed by atoms with E-state index in [0.717, 1.165) is 12.1 Å². The molecule has 1 rings (SSSR count). The summed E-state index contributed by atoms with van der Waals surface area (Å²) in [6.45, 7) is 0. The van der Waals surface area contributed by atoms with Crippen molar-refractivity contribution in [3.05, 3.63) is 29.0 Å². The van der Waals surface area contributed by atoms with E-state index in [9.17, 15) is 12.8 Å². The Kier molecular flexibility index (Phi) is 2.36. The summed E-state index contributed by atoms with van der Waals surface area (Å²) in [6, 6.07) is 2.70. The minimum absolute atomic E-state index is 0.209. The van der Waals surface area contributed by atoms with E-state index in [1.807, 2.05) is 0 Å². The van der Waals surface area contributed by atoms with Crippen LogP contribution in [0.15, 0.2) is 23.1 Å². The average Bonchev–Trinajstić information content (AvgIpc) is 1.92. The normalized spacial score (nSPS) is 11.6. The lowest BCUT2D eigenvalue weighted by atomic mass is 10.3. The van der Waals surface area contributed by atoms with Crippen LogP contribution >= 0.6 is 11.6 Å². The zero-order valence-electron chi connectivity index (χ0n) is 5.66. The molecule has 0 aliphatic rings. The minimum atomic E-state index is -4.43. The van der Waals surface area contributed by atoms with Gasteiger partial charge in [-0.2, -0.15) is 8.42 Å². The number of hydrogen-bond acceptors (Lipinski definition) is 2. The molecule has 0 radical (unpaired) electrons. The highest BCUT2D eigenvalue weighted by Gasteiger charge is 2.14. The molecule has 0 aromatic heterocycles. The Bertz CT molecular complexity index is 401. The van der Waals surface area contributed by atoms with Gasteiger partial charge in [0.15, 0.2) is 0 Å². The molecule has 0 unspecified atom stereocenters. The number of rotatable bonds is 1. The molecule has 0 heterocycles. The minimum Gasteiger partial charge on any atom is -0.282 e. The zero-order chi connectivity index (χ0) is 9.35. The van der Waals surface area contributed by atoms with Gasteiger partial charge in [-0.25, -0.2) is 4.39 Å². The lowest BCUT2D eigenvalue weighted by Crippen LogP contribution is -1.99. The summed E-state index contributed by atoms with van der Waals surface area (Å²) in [4.78, 5) is -0.621. The van der Waals surface area contributed by atoms with E-state index < -0.39 is 20.8 Å². The first-order valence-electron chi connectivity index (χ1n) is 2.84. The highest BCUT2D eigenvalue weighted by molar-refractivity contribution is 7.86. The predicted octanol–water partition coefficient (Wildman–Crippen LogP) is 1.73. The Labute approximate surface area is 73.5 Å². The second-order valence-electron chi connectivity index (χ2n) is 2.05. The van der Waals surface area contributed by atoms with Crippen LogP contribution in [0.4, 0.5) is 4.39 Å². The van der Waals surface area contributed by atoms with Gasteiger partial charge in [0.1, 0.15) is 10.7 Å². The maximum atomic E-state index is 12.4. The molecule has 0 spiro atoms. The predicted molar refractivity (Wildman–Crippen MR) is 41.2 cm³/mol. The fourth-order valence-electron chi connectivity index (χ4n) is 0.675. The Morgan fingerprint density at radius 2 is 2.00 bits per heavy atom. The quantitative estimate of drug-likeness (QED) is 0.719. The van der Waals surface area contributed by atoms with Gasteiger partial charge in [-0.3, -0.25) is 4.55 Å². The number of halogens is 2. The third kappa shape index (κ3) is 1.94. The van der Waals surface area contributed by atoms with Crippen molar-refractivity contribution in [3.8, 4) is 0 Å². The first-order chi connectivity index (χ1) is 5.41. The second-order valence-corrected chi connectivity index (χ2v) is 3.85. The van der Waals surface area contributed by atoms with Crippen LogP contribution in [-0.2, 0) is 10.1 Å². The molecule has 0 atom stereocenters. The molecular weight excluding hydrogens is 207 g/mol. The molecule has 6 heteroatoms. The smallest absolute Gasteiger partial charge is 0.282 e. The standard InChI is InChI=1S/C6H4ClFO3S/c7-5-2-1-4(8)3-6(5)12(9,10)11/h1-3H,(H,9,10,11). The summed E-state index contributed by atoms with van der Waals surface area (Å²) in [6.07, 6.45) is 0. The summed E-state index contributed by atoms with van der Waals surface area (Å²) >= 11 is 5.38.